The summed E-state index contributed by atoms with van der Waals surface area (Å²) in [6.07, 6.45) is 5.06. The van der Waals surface area contributed by atoms with Gasteiger partial charge in [0.05, 0.1) is 0 Å². The number of nitrogens with one attached hydrogen (secondary N) is 2. The van der Waals surface area contributed by atoms with Gasteiger partial charge >= 0.3 is 0 Å². The Hall–Kier alpha value is -0.770. The summed E-state index contributed by atoms with van der Waals surface area (Å²) < 4.78 is 0. The molecular formula is C12H26N4. The normalized spacial score (nSPS) is 26.9. The molecule has 0 aromatic rings. The second-order valence-corrected chi connectivity index (χ2v) is 5.33. The van der Waals surface area contributed by atoms with Gasteiger partial charge in [0, 0.05) is 12.6 Å². The van der Waals surface area contributed by atoms with Crippen LogP contribution in [0, 0.1) is 11.8 Å². The SMILES string of the molecule is CC(C)CN=C(NN)NC1CCC(C)CC1. The second-order valence-electron chi connectivity index (χ2n) is 5.33. The Bertz CT molecular complexity index is 217. The van der Waals surface area contributed by atoms with Crippen LogP contribution in [0.2, 0.25) is 0 Å². The van der Waals surface area contributed by atoms with Crippen molar-refractivity contribution >= 4 is 5.96 Å². The highest BCUT2D eigenvalue weighted by Crippen LogP contribution is 2.23. The molecule has 0 atom stereocenters. The van der Waals surface area contributed by atoms with Crippen LogP contribution in [0.5, 0.6) is 0 Å². The largest absolute Gasteiger partial charge is 0.353 e. The van der Waals surface area contributed by atoms with Crippen molar-refractivity contribution in [3.05, 3.63) is 0 Å². The molecule has 0 radical (unpaired) electrons. The number of rotatable bonds is 3. The van der Waals surface area contributed by atoms with Gasteiger partial charge in [-0.15, -0.1) is 0 Å². The first-order chi connectivity index (χ1) is 7.61. The minimum Gasteiger partial charge on any atom is -0.353 e. The van der Waals surface area contributed by atoms with Crippen LogP contribution in [0.4, 0.5) is 0 Å². The molecule has 0 heterocycles. The van der Waals surface area contributed by atoms with Crippen molar-refractivity contribution in [3.8, 4) is 0 Å². The zero-order valence-electron chi connectivity index (χ0n) is 10.8. The molecule has 0 aliphatic heterocycles. The molecule has 0 amide bonds. The Morgan fingerprint density at radius 1 is 1.31 bits per heavy atom. The lowest BCUT2D eigenvalue weighted by atomic mass is 9.87. The number of nitrogens with zero attached hydrogens (tertiary/aromatic N) is 1. The maximum Gasteiger partial charge on any atom is 0.205 e. The average Bonchev–Trinajstić information content (AvgIpc) is 2.26. The fraction of sp³-hybridized carbons (Fsp3) is 0.917. The lowest BCUT2D eigenvalue weighted by Crippen LogP contribution is -2.47. The molecule has 1 aliphatic carbocycles. The van der Waals surface area contributed by atoms with E-state index in [9.17, 15) is 0 Å². The van der Waals surface area contributed by atoms with E-state index in [1.54, 1.807) is 0 Å². The van der Waals surface area contributed by atoms with Crippen LogP contribution < -0.4 is 16.6 Å². The van der Waals surface area contributed by atoms with E-state index < -0.39 is 0 Å². The van der Waals surface area contributed by atoms with E-state index >= 15 is 0 Å². The fourth-order valence-electron chi connectivity index (χ4n) is 2.00. The number of nitrogens with two attached hydrogens (primary N) is 1. The number of guanidine groups is 1. The van der Waals surface area contributed by atoms with Gasteiger partial charge in [0.1, 0.15) is 0 Å². The molecule has 0 saturated heterocycles. The molecule has 1 aliphatic rings. The Balaban J connectivity index is 2.35. The van der Waals surface area contributed by atoms with Gasteiger partial charge in [-0.25, -0.2) is 5.84 Å². The molecule has 1 rings (SSSR count). The molecule has 0 aromatic carbocycles. The molecule has 4 heteroatoms. The Labute approximate surface area is 99.1 Å². The summed E-state index contributed by atoms with van der Waals surface area (Å²) in [5.41, 5.74) is 2.65. The van der Waals surface area contributed by atoms with Crippen LogP contribution >= 0.6 is 0 Å². The molecule has 16 heavy (non-hydrogen) atoms. The van der Waals surface area contributed by atoms with E-state index in [0.29, 0.717) is 12.0 Å². The standard InChI is InChI=1S/C12H26N4/c1-9(2)8-14-12(16-13)15-11-6-4-10(3)5-7-11/h9-11H,4-8,13H2,1-3H3,(H2,14,15,16). The van der Waals surface area contributed by atoms with Gasteiger partial charge in [0.15, 0.2) is 0 Å². The minimum absolute atomic E-state index is 0.540. The van der Waals surface area contributed by atoms with Crippen LogP contribution in [0.25, 0.3) is 0 Å². The van der Waals surface area contributed by atoms with E-state index in [4.69, 9.17) is 5.84 Å². The van der Waals surface area contributed by atoms with Gasteiger partial charge in [-0.3, -0.25) is 10.4 Å². The molecule has 0 unspecified atom stereocenters. The smallest absolute Gasteiger partial charge is 0.205 e. The predicted molar refractivity (Wildman–Crippen MR) is 69.0 cm³/mol. The maximum absolute atomic E-state index is 5.46. The van der Waals surface area contributed by atoms with Gasteiger partial charge in [0.2, 0.25) is 5.96 Å². The van der Waals surface area contributed by atoms with Crippen LogP contribution in [0.3, 0.4) is 0 Å². The van der Waals surface area contributed by atoms with Crippen molar-refractivity contribution < 1.29 is 0 Å². The summed E-state index contributed by atoms with van der Waals surface area (Å²) in [6.45, 7) is 7.45. The first-order valence-electron chi connectivity index (χ1n) is 6.39. The van der Waals surface area contributed by atoms with Crippen molar-refractivity contribution in [2.24, 2.45) is 22.7 Å². The van der Waals surface area contributed by atoms with Gasteiger partial charge in [-0.1, -0.05) is 20.8 Å². The van der Waals surface area contributed by atoms with Crippen molar-refractivity contribution in [2.45, 2.75) is 52.5 Å². The third kappa shape index (κ3) is 4.84. The molecule has 0 spiro atoms. The van der Waals surface area contributed by atoms with Gasteiger partial charge in [-0.2, -0.15) is 0 Å². The Morgan fingerprint density at radius 2 is 1.94 bits per heavy atom. The lowest BCUT2D eigenvalue weighted by molar-refractivity contribution is 0.329. The summed E-state index contributed by atoms with van der Waals surface area (Å²) in [4.78, 5) is 4.42. The number of hydrogen-bond donors (Lipinski definition) is 3. The van der Waals surface area contributed by atoms with Crippen molar-refractivity contribution in [1.29, 1.82) is 0 Å². The fourth-order valence-corrected chi connectivity index (χ4v) is 2.00. The number of hydrazine groups is 1. The first kappa shape index (κ1) is 13.3. The van der Waals surface area contributed by atoms with Crippen molar-refractivity contribution in [2.75, 3.05) is 6.54 Å². The number of hydrogen-bond acceptors (Lipinski definition) is 2. The highest BCUT2D eigenvalue weighted by Gasteiger charge is 2.18. The first-order valence-corrected chi connectivity index (χ1v) is 6.39. The van der Waals surface area contributed by atoms with Crippen LogP contribution in [0.1, 0.15) is 46.5 Å². The highest BCUT2D eigenvalue weighted by molar-refractivity contribution is 5.79. The van der Waals surface area contributed by atoms with E-state index in [1.165, 1.54) is 25.7 Å². The zero-order valence-corrected chi connectivity index (χ0v) is 10.8. The highest BCUT2D eigenvalue weighted by atomic mass is 15.3. The van der Waals surface area contributed by atoms with Gasteiger partial charge in [-0.05, 0) is 37.5 Å². The Kier molecular flexibility index (Phi) is 5.60. The third-order valence-electron chi connectivity index (χ3n) is 3.11. The average molecular weight is 226 g/mol. The molecule has 0 aromatic heterocycles. The zero-order chi connectivity index (χ0) is 12.0. The summed E-state index contributed by atoms with van der Waals surface area (Å²) in [5.74, 6) is 7.65. The second kappa shape index (κ2) is 6.74. The van der Waals surface area contributed by atoms with Crippen LogP contribution in [-0.4, -0.2) is 18.5 Å². The van der Waals surface area contributed by atoms with E-state index in [2.05, 4.69) is 36.5 Å². The maximum atomic E-state index is 5.46. The van der Waals surface area contributed by atoms with E-state index in [-0.39, 0.29) is 0 Å². The van der Waals surface area contributed by atoms with Crippen LogP contribution in [-0.2, 0) is 0 Å². The lowest BCUT2D eigenvalue weighted by Gasteiger charge is -2.27. The summed E-state index contributed by atoms with van der Waals surface area (Å²) >= 11 is 0. The molecule has 1 saturated carbocycles. The van der Waals surface area contributed by atoms with Crippen molar-refractivity contribution in [3.63, 3.8) is 0 Å². The van der Waals surface area contributed by atoms with Gasteiger partial charge in [0.25, 0.3) is 0 Å². The molecule has 94 valence electrons. The summed E-state index contributed by atoms with van der Waals surface area (Å²) in [5, 5.41) is 3.40. The number of aliphatic imine (C=N–C) groups is 1. The molecule has 0 bridgehead atoms. The van der Waals surface area contributed by atoms with E-state index in [1.807, 2.05) is 0 Å². The minimum atomic E-state index is 0.540. The quantitative estimate of drug-likeness (QED) is 0.297. The topological polar surface area (TPSA) is 62.4 Å². The van der Waals surface area contributed by atoms with Crippen molar-refractivity contribution in [1.82, 2.24) is 10.7 Å². The monoisotopic (exact) mass is 226 g/mol. The molecule has 4 N–H and O–H groups in total. The summed E-state index contributed by atoms with van der Waals surface area (Å²) in [7, 11) is 0. The molecule has 1 fully saturated rings. The molecular weight excluding hydrogens is 200 g/mol. The molecule has 4 nitrogen and oxygen atoms in total. The van der Waals surface area contributed by atoms with Gasteiger partial charge < -0.3 is 5.32 Å². The summed E-state index contributed by atoms with van der Waals surface area (Å²) in [6, 6.07) is 0.540. The predicted octanol–water partition coefficient (Wildman–Crippen LogP) is 1.63. The Morgan fingerprint density at radius 3 is 2.44 bits per heavy atom. The van der Waals surface area contributed by atoms with E-state index in [0.717, 1.165) is 18.4 Å². The van der Waals surface area contributed by atoms with Crippen LogP contribution in [0.15, 0.2) is 4.99 Å². The third-order valence-corrected chi connectivity index (χ3v) is 3.11.